The van der Waals surface area contributed by atoms with Gasteiger partial charge in [-0.1, -0.05) is 11.6 Å². The van der Waals surface area contributed by atoms with Crippen LogP contribution in [-0.4, -0.2) is 54.2 Å². The van der Waals surface area contributed by atoms with Gasteiger partial charge in [0.05, 0.1) is 22.9 Å². The van der Waals surface area contributed by atoms with E-state index in [0.29, 0.717) is 49.6 Å². The number of pyridine rings is 1. The van der Waals surface area contributed by atoms with Gasteiger partial charge in [-0.15, -0.1) is 0 Å². The molecule has 1 aliphatic heterocycles. The van der Waals surface area contributed by atoms with Crippen LogP contribution in [-0.2, 0) is 4.79 Å². The van der Waals surface area contributed by atoms with Gasteiger partial charge in [0.1, 0.15) is 0 Å². The summed E-state index contributed by atoms with van der Waals surface area (Å²) in [5.41, 5.74) is -0.0685. The molecule has 3 rings (SSSR count). The molecule has 1 aliphatic rings. The van der Waals surface area contributed by atoms with Crippen molar-refractivity contribution in [3.63, 3.8) is 0 Å². The highest BCUT2D eigenvalue weighted by Crippen LogP contribution is 2.28. The van der Waals surface area contributed by atoms with Crippen LogP contribution >= 0.6 is 11.6 Å². The number of urea groups is 1. The average Bonchev–Trinajstić information content (AvgIpc) is 2.80. The van der Waals surface area contributed by atoms with Gasteiger partial charge in [0.15, 0.2) is 17.5 Å². The number of aromatic nitrogens is 1. The fourth-order valence-corrected chi connectivity index (χ4v) is 3.68. The Morgan fingerprint density at radius 1 is 1.18 bits per heavy atom. The third kappa shape index (κ3) is 6.14. The van der Waals surface area contributed by atoms with Crippen LogP contribution in [0.25, 0.3) is 0 Å². The molecule has 33 heavy (non-hydrogen) atoms. The van der Waals surface area contributed by atoms with Crippen molar-refractivity contribution in [3.8, 4) is 0 Å². The van der Waals surface area contributed by atoms with Crippen LogP contribution in [0.5, 0.6) is 0 Å². The summed E-state index contributed by atoms with van der Waals surface area (Å²) < 4.78 is 26.6. The molecule has 1 aromatic carbocycles. The van der Waals surface area contributed by atoms with Crippen molar-refractivity contribution < 1.29 is 28.3 Å². The minimum atomic E-state index is -1.27. The van der Waals surface area contributed by atoms with E-state index in [4.69, 9.17) is 16.7 Å². The van der Waals surface area contributed by atoms with E-state index in [0.717, 1.165) is 0 Å². The van der Waals surface area contributed by atoms with Gasteiger partial charge < -0.3 is 20.6 Å². The smallest absolute Gasteiger partial charge is 0.326 e. The number of amides is 4. The van der Waals surface area contributed by atoms with Gasteiger partial charge in [-0.2, -0.15) is 0 Å². The summed E-state index contributed by atoms with van der Waals surface area (Å²) in [5.74, 6) is -3.33. The maximum atomic E-state index is 13.4. The molecular formula is C21H22ClF2N5O4. The molecule has 176 valence electrons. The van der Waals surface area contributed by atoms with Crippen molar-refractivity contribution in [2.45, 2.75) is 12.8 Å². The Morgan fingerprint density at radius 2 is 1.88 bits per heavy atom. The molecule has 0 aliphatic carbocycles. The second-order valence-corrected chi connectivity index (χ2v) is 7.71. The molecule has 0 unspecified atom stereocenters. The number of piperidine rings is 1. The molecule has 4 N–H and O–H groups in total. The lowest BCUT2D eigenvalue weighted by Gasteiger charge is -2.33. The van der Waals surface area contributed by atoms with Gasteiger partial charge in [0, 0.05) is 31.7 Å². The molecule has 0 saturated carbocycles. The van der Waals surface area contributed by atoms with Crippen LogP contribution < -0.4 is 20.9 Å². The zero-order chi connectivity index (χ0) is 24.0. The highest BCUT2D eigenvalue weighted by Gasteiger charge is 2.27. The molecule has 1 fully saturated rings. The van der Waals surface area contributed by atoms with Gasteiger partial charge in [-0.3, -0.25) is 14.9 Å². The number of halogens is 3. The maximum absolute atomic E-state index is 13.4. The SMILES string of the molecule is O=C(NC(=O)c1cc(F)c(F)cc1Cl)Nc1cccnc1N1CCC(C(=O)NCCO)CC1. The van der Waals surface area contributed by atoms with Gasteiger partial charge >= 0.3 is 6.03 Å². The summed E-state index contributed by atoms with van der Waals surface area (Å²) in [4.78, 5) is 42.9. The van der Waals surface area contributed by atoms with Crippen LogP contribution in [0.2, 0.25) is 5.02 Å². The van der Waals surface area contributed by atoms with Crippen molar-refractivity contribution in [2.75, 3.05) is 36.5 Å². The quantitative estimate of drug-likeness (QED) is 0.469. The van der Waals surface area contributed by atoms with Crippen LogP contribution in [0.15, 0.2) is 30.5 Å². The first-order valence-electron chi connectivity index (χ1n) is 10.2. The molecule has 0 atom stereocenters. The average molecular weight is 482 g/mol. The topological polar surface area (TPSA) is 124 Å². The standard InChI is InChI=1S/C21H22ClF2N5O4/c22-14-11-16(24)15(23)10-13(14)20(32)28-21(33)27-17-2-1-5-25-18(17)29-7-3-12(4-8-29)19(31)26-6-9-30/h1-2,5,10-12,30H,3-4,6-9H2,(H,26,31)(H2,27,28,32,33). The Morgan fingerprint density at radius 3 is 2.58 bits per heavy atom. The number of hydrogen-bond acceptors (Lipinski definition) is 6. The molecule has 0 spiro atoms. The van der Waals surface area contributed by atoms with E-state index >= 15 is 0 Å². The van der Waals surface area contributed by atoms with Gasteiger partial charge in [0.2, 0.25) is 5.91 Å². The number of anilines is 2. The third-order valence-electron chi connectivity index (χ3n) is 5.09. The van der Waals surface area contributed by atoms with Gasteiger partial charge in [-0.25, -0.2) is 18.6 Å². The number of imide groups is 1. The predicted octanol–water partition coefficient (Wildman–Crippen LogP) is 2.30. The summed E-state index contributed by atoms with van der Waals surface area (Å²) in [6.07, 6.45) is 2.67. The Kier molecular flexibility index (Phi) is 8.12. The first-order valence-corrected chi connectivity index (χ1v) is 10.5. The first-order chi connectivity index (χ1) is 15.8. The summed E-state index contributed by atoms with van der Waals surface area (Å²) in [5, 5.41) is 15.7. The van der Waals surface area contributed by atoms with E-state index in [1.165, 1.54) is 0 Å². The molecule has 4 amide bonds. The fraction of sp³-hybridized carbons (Fsp3) is 0.333. The Labute approximate surface area is 193 Å². The lowest BCUT2D eigenvalue weighted by molar-refractivity contribution is -0.125. The molecule has 1 saturated heterocycles. The van der Waals surface area contributed by atoms with Crippen LogP contribution in [0.4, 0.5) is 25.1 Å². The predicted molar refractivity (Wildman–Crippen MR) is 117 cm³/mol. The monoisotopic (exact) mass is 481 g/mol. The fourth-order valence-electron chi connectivity index (χ4n) is 3.44. The zero-order valence-corrected chi connectivity index (χ0v) is 18.2. The molecule has 2 aromatic rings. The van der Waals surface area contributed by atoms with E-state index in [1.807, 2.05) is 10.2 Å². The number of carbonyl (C=O) groups is 3. The Bertz CT molecular complexity index is 1050. The van der Waals surface area contributed by atoms with Crippen molar-refractivity contribution >= 4 is 41.0 Å². The summed E-state index contributed by atoms with van der Waals surface area (Å²) in [7, 11) is 0. The molecule has 0 bridgehead atoms. The normalized spacial score (nSPS) is 14.0. The van der Waals surface area contributed by atoms with Crippen LogP contribution in [0.1, 0.15) is 23.2 Å². The number of nitrogens with one attached hydrogen (secondary N) is 3. The maximum Gasteiger partial charge on any atom is 0.326 e. The number of carbonyl (C=O) groups excluding carboxylic acids is 3. The minimum absolute atomic E-state index is 0.114. The zero-order valence-electron chi connectivity index (χ0n) is 17.4. The highest BCUT2D eigenvalue weighted by atomic mass is 35.5. The lowest BCUT2D eigenvalue weighted by Crippen LogP contribution is -2.42. The number of benzene rings is 1. The van der Waals surface area contributed by atoms with E-state index in [9.17, 15) is 23.2 Å². The number of aliphatic hydroxyl groups is 1. The number of aliphatic hydroxyl groups excluding tert-OH is 1. The van der Waals surface area contributed by atoms with Crippen molar-refractivity contribution in [3.05, 3.63) is 52.7 Å². The van der Waals surface area contributed by atoms with E-state index in [2.05, 4.69) is 15.6 Å². The van der Waals surface area contributed by atoms with Crippen molar-refractivity contribution in [1.82, 2.24) is 15.6 Å². The van der Waals surface area contributed by atoms with Crippen molar-refractivity contribution in [1.29, 1.82) is 0 Å². The molecule has 2 heterocycles. The number of hydrogen-bond donors (Lipinski definition) is 4. The molecule has 0 radical (unpaired) electrons. The van der Waals surface area contributed by atoms with E-state index in [-0.39, 0.29) is 30.0 Å². The third-order valence-corrected chi connectivity index (χ3v) is 5.41. The van der Waals surface area contributed by atoms with Crippen LogP contribution in [0.3, 0.4) is 0 Å². The molecule has 12 heteroatoms. The van der Waals surface area contributed by atoms with E-state index < -0.39 is 29.1 Å². The summed E-state index contributed by atoms with van der Waals surface area (Å²) in [6, 6.07) is 3.54. The second kappa shape index (κ2) is 11.0. The molecule has 9 nitrogen and oxygen atoms in total. The van der Waals surface area contributed by atoms with E-state index in [1.54, 1.807) is 18.3 Å². The summed E-state index contributed by atoms with van der Waals surface area (Å²) >= 11 is 5.77. The molecular weight excluding hydrogens is 460 g/mol. The van der Waals surface area contributed by atoms with Gasteiger partial charge in [-0.05, 0) is 37.1 Å². The Hall–Kier alpha value is -3.31. The second-order valence-electron chi connectivity index (χ2n) is 7.30. The van der Waals surface area contributed by atoms with Gasteiger partial charge in [0.25, 0.3) is 5.91 Å². The highest BCUT2D eigenvalue weighted by molar-refractivity contribution is 6.34. The number of rotatable bonds is 6. The van der Waals surface area contributed by atoms with Crippen molar-refractivity contribution in [2.24, 2.45) is 5.92 Å². The number of nitrogens with zero attached hydrogens (tertiary/aromatic N) is 2. The molecule has 1 aromatic heterocycles. The lowest BCUT2D eigenvalue weighted by atomic mass is 9.96. The summed E-state index contributed by atoms with van der Waals surface area (Å²) in [6.45, 7) is 1.10. The Balaban J connectivity index is 1.63. The van der Waals surface area contributed by atoms with Crippen LogP contribution in [0, 0.1) is 17.6 Å². The largest absolute Gasteiger partial charge is 0.395 e. The minimum Gasteiger partial charge on any atom is -0.395 e. The first kappa shape index (κ1) is 24.3.